The molecule has 0 aliphatic carbocycles. The van der Waals surface area contributed by atoms with Gasteiger partial charge in [0, 0.05) is 19.8 Å². The molecule has 1 heterocycles. The standard InChI is InChI=1S/C23H24N2O5S2/c1-5-29-21(26)14-30-19-12-15(6-11-18(19)28-4)13-20-22(27)25(23(31)32-20)17-9-7-16(8-10-17)24(2)3/h6-13H,5,14H2,1-4H3/b20-13-. The summed E-state index contributed by atoms with van der Waals surface area (Å²) in [5.41, 5.74) is 2.46. The second kappa shape index (κ2) is 10.5. The summed E-state index contributed by atoms with van der Waals surface area (Å²) in [6, 6.07) is 12.8. The fourth-order valence-corrected chi connectivity index (χ4v) is 4.28. The van der Waals surface area contributed by atoms with Crippen molar-refractivity contribution in [1.82, 2.24) is 0 Å². The molecule has 32 heavy (non-hydrogen) atoms. The lowest BCUT2D eigenvalue weighted by Gasteiger charge is -2.17. The lowest BCUT2D eigenvalue weighted by atomic mass is 10.1. The van der Waals surface area contributed by atoms with Crippen LogP contribution in [0.2, 0.25) is 0 Å². The number of hydrogen-bond acceptors (Lipinski definition) is 8. The lowest BCUT2D eigenvalue weighted by Crippen LogP contribution is -2.27. The first kappa shape index (κ1) is 23.6. The van der Waals surface area contributed by atoms with E-state index in [1.807, 2.05) is 43.3 Å². The number of esters is 1. The molecule has 0 unspecified atom stereocenters. The molecule has 0 bridgehead atoms. The molecule has 1 aliphatic rings. The highest BCUT2D eigenvalue weighted by molar-refractivity contribution is 8.27. The van der Waals surface area contributed by atoms with Gasteiger partial charge in [-0.1, -0.05) is 30.0 Å². The molecule has 2 aromatic carbocycles. The summed E-state index contributed by atoms with van der Waals surface area (Å²) in [4.78, 5) is 28.7. The van der Waals surface area contributed by atoms with E-state index in [-0.39, 0.29) is 19.1 Å². The monoisotopic (exact) mass is 472 g/mol. The van der Waals surface area contributed by atoms with Crippen LogP contribution in [0.15, 0.2) is 47.4 Å². The van der Waals surface area contributed by atoms with E-state index in [1.54, 1.807) is 31.2 Å². The van der Waals surface area contributed by atoms with Gasteiger partial charge in [-0.25, -0.2) is 4.79 Å². The van der Waals surface area contributed by atoms with Crippen LogP contribution in [0.4, 0.5) is 11.4 Å². The van der Waals surface area contributed by atoms with Crippen LogP contribution >= 0.6 is 24.0 Å². The maximum Gasteiger partial charge on any atom is 0.344 e. The topological polar surface area (TPSA) is 68.3 Å². The molecule has 168 valence electrons. The van der Waals surface area contributed by atoms with Crippen molar-refractivity contribution in [2.45, 2.75) is 6.92 Å². The highest BCUT2D eigenvalue weighted by Gasteiger charge is 2.33. The minimum atomic E-state index is -0.471. The maximum atomic E-state index is 13.1. The van der Waals surface area contributed by atoms with E-state index in [2.05, 4.69) is 0 Å². The first-order valence-corrected chi connectivity index (χ1v) is 11.1. The minimum absolute atomic E-state index is 0.192. The Kier molecular flexibility index (Phi) is 7.76. The Hall–Kier alpha value is -3.04. The van der Waals surface area contributed by atoms with E-state index in [4.69, 9.17) is 26.4 Å². The SMILES string of the molecule is CCOC(=O)COc1cc(/C=C2\SC(=S)N(c3ccc(N(C)C)cc3)C2=O)ccc1OC. The van der Waals surface area contributed by atoms with Crippen LogP contribution in [0, 0.1) is 0 Å². The highest BCUT2D eigenvalue weighted by Crippen LogP contribution is 2.37. The van der Waals surface area contributed by atoms with Crippen molar-refractivity contribution >= 4 is 57.6 Å². The number of rotatable bonds is 8. The predicted octanol–water partition coefficient (Wildman–Crippen LogP) is 4.11. The van der Waals surface area contributed by atoms with E-state index in [0.29, 0.717) is 26.3 Å². The second-order valence-corrected chi connectivity index (χ2v) is 8.61. The van der Waals surface area contributed by atoms with Gasteiger partial charge in [0.25, 0.3) is 5.91 Å². The third-order valence-electron chi connectivity index (χ3n) is 4.55. The number of ether oxygens (including phenoxy) is 3. The zero-order chi connectivity index (χ0) is 23.3. The van der Waals surface area contributed by atoms with Gasteiger partial charge in [-0.2, -0.15) is 0 Å². The summed E-state index contributed by atoms with van der Waals surface area (Å²) in [6.07, 6.45) is 1.74. The molecule has 1 amide bonds. The summed E-state index contributed by atoms with van der Waals surface area (Å²) in [5.74, 6) is 0.188. The molecule has 0 N–H and O–H groups in total. The van der Waals surface area contributed by atoms with E-state index >= 15 is 0 Å². The van der Waals surface area contributed by atoms with Crippen molar-refractivity contribution in [3.8, 4) is 11.5 Å². The van der Waals surface area contributed by atoms with E-state index in [1.165, 1.54) is 23.8 Å². The average Bonchev–Trinajstić information content (AvgIpc) is 3.05. The van der Waals surface area contributed by atoms with Crippen LogP contribution in [0.1, 0.15) is 12.5 Å². The normalized spacial score (nSPS) is 14.6. The van der Waals surface area contributed by atoms with E-state index in [0.717, 1.165) is 11.4 Å². The Morgan fingerprint density at radius 3 is 2.50 bits per heavy atom. The number of methoxy groups -OCH3 is 1. The Morgan fingerprint density at radius 2 is 1.88 bits per heavy atom. The van der Waals surface area contributed by atoms with Gasteiger partial charge in [0.05, 0.1) is 24.3 Å². The Bertz CT molecular complexity index is 1050. The molecule has 7 nitrogen and oxygen atoms in total. The number of nitrogens with zero attached hydrogens (tertiary/aromatic N) is 2. The molecule has 3 rings (SSSR count). The third-order valence-corrected chi connectivity index (χ3v) is 5.86. The molecule has 1 fully saturated rings. The Labute approximate surface area is 196 Å². The Balaban J connectivity index is 1.82. The molecule has 2 aromatic rings. The molecule has 1 saturated heterocycles. The summed E-state index contributed by atoms with van der Waals surface area (Å²) in [6.45, 7) is 1.77. The summed E-state index contributed by atoms with van der Waals surface area (Å²) >= 11 is 6.69. The van der Waals surface area contributed by atoms with Crippen LogP contribution in [0.5, 0.6) is 11.5 Å². The zero-order valence-corrected chi connectivity index (χ0v) is 19.9. The number of benzene rings is 2. The molecule has 0 radical (unpaired) electrons. The minimum Gasteiger partial charge on any atom is -0.493 e. The van der Waals surface area contributed by atoms with Gasteiger partial charge in [-0.3, -0.25) is 9.69 Å². The van der Waals surface area contributed by atoms with Crippen LogP contribution in [-0.2, 0) is 14.3 Å². The van der Waals surface area contributed by atoms with Gasteiger partial charge in [0.1, 0.15) is 0 Å². The van der Waals surface area contributed by atoms with Gasteiger partial charge in [0.2, 0.25) is 0 Å². The van der Waals surface area contributed by atoms with Crippen molar-refractivity contribution in [2.75, 3.05) is 44.2 Å². The number of carbonyl (C=O) groups is 2. The van der Waals surface area contributed by atoms with Crippen LogP contribution in [0.25, 0.3) is 6.08 Å². The number of anilines is 2. The first-order valence-electron chi connectivity index (χ1n) is 9.85. The molecule has 0 atom stereocenters. The van der Waals surface area contributed by atoms with E-state index in [9.17, 15) is 9.59 Å². The summed E-state index contributed by atoms with van der Waals surface area (Å²) < 4.78 is 16.2. The van der Waals surface area contributed by atoms with Crippen molar-refractivity contribution < 1.29 is 23.8 Å². The molecule has 0 spiro atoms. The van der Waals surface area contributed by atoms with Crippen LogP contribution in [0.3, 0.4) is 0 Å². The van der Waals surface area contributed by atoms with Crippen LogP contribution in [-0.4, -0.2) is 50.6 Å². The lowest BCUT2D eigenvalue weighted by molar-refractivity contribution is -0.145. The van der Waals surface area contributed by atoms with Crippen LogP contribution < -0.4 is 19.3 Å². The number of hydrogen-bond donors (Lipinski definition) is 0. The van der Waals surface area contributed by atoms with Crippen molar-refractivity contribution in [2.24, 2.45) is 0 Å². The molecule has 0 aromatic heterocycles. The Morgan fingerprint density at radius 1 is 1.16 bits per heavy atom. The molecule has 9 heteroatoms. The maximum absolute atomic E-state index is 13.1. The predicted molar refractivity (Wildman–Crippen MR) is 132 cm³/mol. The smallest absolute Gasteiger partial charge is 0.344 e. The molecular formula is C23H24N2O5S2. The first-order chi connectivity index (χ1) is 15.3. The van der Waals surface area contributed by atoms with Crippen molar-refractivity contribution in [3.63, 3.8) is 0 Å². The van der Waals surface area contributed by atoms with Crippen molar-refractivity contribution in [3.05, 3.63) is 52.9 Å². The number of thiocarbonyl (C=S) groups is 1. The summed E-state index contributed by atoms with van der Waals surface area (Å²) in [7, 11) is 5.42. The quantitative estimate of drug-likeness (QED) is 0.323. The van der Waals surface area contributed by atoms with E-state index < -0.39 is 5.97 Å². The van der Waals surface area contributed by atoms with Gasteiger partial charge in [0.15, 0.2) is 22.4 Å². The highest BCUT2D eigenvalue weighted by atomic mass is 32.2. The van der Waals surface area contributed by atoms with Gasteiger partial charge < -0.3 is 19.1 Å². The third kappa shape index (κ3) is 5.41. The van der Waals surface area contributed by atoms with Crippen molar-refractivity contribution in [1.29, 1.82) is 0 Å². The van der Waals surface area contributed by atoms with Gasteiger partial charge in [-0.15, -0.1) is 0 Å². The number of amides is 1. The number of carbonyl (C=O) groups excluding carboxylic acids is 2. The zero-order valence-electron chi connectivity index (χ0n) is 18.3. The molecule has 0 saturated carbocycles. The largest absolute Gasteiger partial charge is 0.493 e. The van der Waals surface area contributed by atoms with Gasteiger partial charge >= 0.3 is 5.97 Å². The fraction of sp³-hybridized carbons (Fsp3) is 0.261. The molecule has 1 aliphatic heterocycles. The second-order valence-electron chi connectivity index (χ2n) is 6.93. The summed E-state index contributed by atoms with van der Waals surface area (Å²) in [5, 5.41) is 0. The number of thioether (sulfide) groups is 1. The van der Waals surface area contributed by atoms with Gasteiger partial charge in [-0.05, 0) is 55.0 Å². The average molecular weight is 473 g/mol. The fourth-order valence-electron chi connectivity index (χ4n) is 2.98. The molecular weight excluding hydrogens is 448 g/mol.